The predicted octanol–water partition coefficient (Wildman–Crippen LogP) is 4.37. The third-order valence-corrected chi connectivity index (χ3v) is 6.39. The van der Waals surface area contributed by atoms with E-state index in [0.717, 1.165) is 22.1 Å². The van der Waals surface area contributed by atoms with Crippen molar-refractivity contribution in [3.05, 3.63) is 77.6 Å². The molecule has 34 heavy (non-hydrogen) atoms. The molecule has 0 saturated carbocycles. The zero-order valence-corrected chi connectivity index (χ0v) is 19.9. The van der Waals surface area contributed by atoms with Crippen molar-refractivity contribution in [2.75, 3.05) is 18.2 Å². The second-order valence-electron chi connectivity index (χ2n) is 7.53. The van der Waals surface area contributed by atoms with Gasteiger partial charge in [-0.3, -0.25) is 4.79 Å². The number of aryl methyl sites for hydroxylation is 1. The minimum absolute atomic E-state index is 0.103. The molecule has 1 aromatic heterocycles. The number of nitrogens with zero attached hydrogens (tertiary/aromatic N) is 3. The van der Waals surface area contributed by atoms with E-state index in [-0.39, 0.29) is 18.3 Å². The number of thioether (sulfide) groups is 1. The van der Waals surface area contributed by atoms with Crippen LogP contribution in [-0.2, 0) is 23.2 Å². The lowest BCUT2D eigenvalue weighted by atomic mass is 10.0. The number of ether oxygens (including phenoxy) is 2. The number of benzene rings is 3. The number of aromatic nitrogens is 3. The van der Waals surface area contributed by atoms with Crippen LogP contribution in [0.4, 0.5) is 5.69 Å². The molecule has 0 aliphatic heterocycles. The minimum atomic E-state index is -0.511. The van der Waals surface area contributed by atoms with Gasteiger partial charge in [0, 0.05) is 7.05 Å². The van der Waals surface area contributed by atoms with Gasteiger partial charge < -0.3 is 19.4 Å². The molecular formula is C25H24N4O4S. The van der Waals surface area contributed by atoms with Gasteiger partial charge >= 0.3 is 5.97 Å². The van der Waals surface area contributed by atoms with Crippen LogP contribution in [0, 0.1) is 6.92 Å². The molecule has 0 bridgehead atoms. The number of esters is 1. The Morgan fingerprint density at radius 1 is 1.03 bits per heavy atom. The Morgan fingerprint density at radius 3 is 2.62 bits per heavy atom. The lowest BCUT2D eigenvalue weighted by Crippen LogP contribution is -2.17. The number of methoxy groups -OCH3 is 1. The van der Waals surface area contributed by atoms with E-state index >= 15 is 0 Å². The smallest absolute Gasteiger partial charge is 0.339 e. The minimum Gasteiger partial charge on any atom is -0.485 e. The summed E-state index contributed by atoms with van der Waals surface area (Å²) in [6.07, 6.45) is 0. The van der Waals surface area contributed by atoms with Crippen LogP contribution in [-0.4, -0.2) is 39.5 Å². The molecule has 8 nitrogen and oxygen atoms in total. The summed E-state index contributed by atoms with van der Waals surface area (Å²) in [4.78, 5) is 24.3. The first-order chi connectivity index (χ1) is 16.5. The molecule has 3 aromatic carbocycles. The summed E-state index contributed by atoms with van der Waals surface area (Å²) in [6, 6.07) is 18.9. The Balaban J connectivity index is 1.37. The number of fused-ring (bicyclic) bond motifs is 1. The zero-order valence-electron chi connectivity index (χ0n) is 19.1. The van der Waals surface area contributed by atoms with E-state index in [2.05, 4.69) is 27.6 Å². The maximum absolute atomic E-state index is 12.5. The summed E-state index contributed by atoms with van der Waals surface area (Å²) in [7, 11) is 3.13. The number of rotatable bonds is 8. The van der Waals surface area contributed by atoms with Crippen LogP contribution in [0.2, 0.25) is 0 Å². The van der Waals surface area contributed by atoms with Crippen molar-refractivity contribution in [2.45, 2.75) is 18.7 Å². The first kappa shape index (κ1) is 23.3. The van der Waals surface area contributed by atoms with Gasteiger partial charge in [0.25, 0.3) is 0 Å². The Kier molecular flexibility index (Phi) is 7.12. The molecule has 4 aromatic rings. The van der Waals surface area contributed by atoms with Gasteiger partial charge in [0.05, 0.1) is 24.1 Å². The lowest BCUT2D eigenvalue weighted by Gasteiger charge is -2.11. The average molecular weight is 477 g/mol. The summed E-state index contributed by atoms with van der Waals surface area (Å²) in [5.74, 6) is 0.759. The maximum Gasteiger partial charge on any atom is 0.339 e. The molecule has 0 atom stereocenters. The van der Waals surface area contributed by atoms with E-state index in [9.17, 15) is 9.59 Å². The van der Waals surface area contributed by atoms with Crippen LogP contribution < -0.4 is 10.1 Å². The normalized spacial score (nSPS) is 10.8. The second kappa shape index (κ2) is 10.4. The van der Waals surface area contributed by atoms with E-state index in [0.29, 0.717) is 22.2 Å². The molecule has 9 heteroatoms. The molecule has 1 N–H and O–H groups in total. The van der Waals surface area contributed by atoms with Crippen molar-refractivity contribution in [1.29, 1.82) is 0 Å². The fourth-order valence-electron chi connectivity index (χ4n) is 3.50. The number of anilines is 1. The summed E-state index contributed by atoms with van der Waals surface area (Å²) in [6.45, 7) is 2.29. The fourth-order valence-corrected chi connectivity index (χ4v) is 4.23. The van der Waals surface area contributed by atoms with Gasteiger partial charge in [-0.15, -0.1) is 10.2 Å². The first-order valence-electron chi connectivity index (χ1n) is 10.6. The quantitative estimate of drug-likeness (QED) is 0.298. The van der Waals surface area contributed by atoms with Crippen LogP contribution in [0.25, 0.3) is 10.8 Å². The maximum atomic E-state index is 12.5. The molecule has 0 fully saturated rings. The largest absolute Gasteiger partial charge is 0.485 e. The van der Waals surface area contributed by atoms with Gasteiger partial charge in [-0.2, -0.15) is 0 Å². The average Bonchev–Trinajstić information content (AvgIpc) is 3.21. The van der Waals surface area contributed by atoms with E-state index in [1.54, 1.807) is 28.8 Å². The van der Waals surface area contributed by atoms with Crippen LogP contribution in [0.15, 0.2) is 65.8 Å². The first-order valence-corrected chi connectivity index (χ1v) is 11.6. The number of para-hydroxylation sites is 1. The summed E-state index contributed by atoms with van der Waals surface area (Å²) < 4.78 is 12.6. The van der Waals surface area contributed by atoms with Crippen molar-refractivity contribution >= 4 is 40.1 Å². The van der Waals surface area contributed by atoms with Crippen molar-refractivity contribution in [2.24, 2.45) is 7.05 Å². The molecule has 174 valence electrons. The molecule has 0 saturated heterocycles. The molecular weight excluding hydrogens is 452 g/mol. The number of hydrogen-bond acceptors (Lipinski definition) is 7. The van der Waals surface area contributed by atoms with Crippen LogP contribution in [0.3, 0.4) is 0 Å². The molecule has 4 rings (SSSR count). The van der Waals surface area contributed by atoms with Gasteiger partial charge in [-0.25, -0.2) is 4.79 Å². The Labute approximate surface area is 201 Å². The van der Waals surface area contributed by atoms with Crippen LogP contribution in [0.1, 0.15) is 21.7 Å². The van der Waals surface area contributed by atoms with Crippen molar-refractivity contribution in [3.8, 4) is 5.75 Å². The Bertz CT molecular complexity index is 1350. The number of hydrogen-bond donors (Lipinski definition) is 1. The summed E-state index contributed by atoms with van der Waals surface area (Å²) in [5.41, 5.74) is 1.77. The third kappa shape index (κ3) is 5.04. The Morgan fingerprint density at radius 2 is 1.79 bits per heavy atom. The SMILES string of the molecule is COC(=O)c1ccccc1NC(=O)CSc1nnc(COc2ccc3ccccc3c2C)n1C. The van der Waals surface area contributed by atoms with Crippen LogP contribution in [0.5, 0.6) is 5.75 Å². The Hall–Kier alpha value is -3.85. The van der Waals surface area contributed by atoms with Gasteiger partial charge in [0.2, 0.25) is 5.91 Å². The van der Waals surface area contributed by atoms with Gasteiger partial charge in [-0.05, 0) is 41.5 Å². The van der Waals surface area contributed by atoms with E-state index < -0.39 is 5.97 Å². The fraction of sp³-hybridized carbons (Fsp3) is 0.200. The van der Waals surface area contributed by atoms with E-state index in [1.807, 2.05) is 38.2 Å². The third-order valence-electron chi connectivity index (χ3n) is 5.37. The molecule has 1 heterocycles. The molecule has 0 spiro atoms. The summed E-state index contributed by atoms with van der Waals surface area (Å²) in [5, 5.41) is 14.0. The van der Waals surface area contributed by atoms with Crippen molar-refractivity contribution in [3.63, 3.8) is 0 Å². The zero-order chi connectivity index (χ0) is 24.1. The number of carbonyl (C=O) groups excluding carboxylic acids is 2. The van der Waals surface area contributed by atoms with Gasteiger partial charge in [-0.1, -0.05) is 54.2 Å². The number of amides is 1. The van der Waals surface area contributed by atoms with Gasteiger partial charge in [0.15, 0.2) is 11.0 Å². The highest BCUT2D eigenvalue weighted by Gasteiger charge is 2.16. The van der Waals surface area contributed by atoms with E-state index in [4.69, 9.17) is 9.47 Å². The van der Waals surface area contributed by atoms with E-state index in [1.165, 1.54) is 18.9 Å². The number of carbonyl (C=O) groups is 2. The molecule has 0 unspecified atom stereocenters. The van der Waals surface area contributed by atoms with Crippen molar-refractivity contribution < 1.29 is 19.1 Å². The number of nitrogens with one attached hydrogen (secondary N) is 1. The lowest BCUT2D eigenvalue weighted by molar-refractivity contribution is -0.113. The monoisotopic (exact) mass is 476 g/mol. The molecule has 0 aliphatic carbocycles. The predicted molar refractivity (Wildman–Crippen MR) is 131 cm³/mol. The van der Waals surface area contributed by atoms with Gasteiger partial charge in [0.1, 0.15) is 12.4 Å². The summed E-state index contributed by atoms with van der Waals surface area (Å²) >= 11 is 1.25. The topological polar surface area (TPSA) is 95.3 Å². The second-order valence-corrected chi connectivity index (χ2v) is 8.47. The highest BCUT2D eigenvalue weighted by Crippen LogP contribution is 2.28. The highest BCUT2D eigenvalue weighted by atomic mass is 32.2. The molecule has 0 radical (unpaired) electrons. The highest BCUT2D eigenvalue weighted by molar-refractivity contribution is 7.99. The van der Waals surface area contributed by atoms with Crippen molar-refractivity contribution in [1.82, 2.24) is 14.8 Å². The molecule has 1 amide bonds. The standard InChI is InChI=1S/C25H24N4O4S/c1-16-18-9-5-4-8-17(18)12-13-21(16)33-14-22-27-28-25(29(22)2)34-15-23(30)26-20-11-7-6-10-19(20)24(31)32-3/h4-13H,14-15H2,1-3H3,(H,26,30). The van der Waals surface area contributed by atoms with Crippen LogP contribution >= 0.6 is 11.8 Å². The molecule has 0 aliphatic rings.